The van der Waals surface area contributed by atoms with Gasteiger partial charge in [-0.25, -0.2) is 9.97 Å². The first-order chi connectivity index (χ1) is 6.72. The summed E-state index contributed by atoms with van der Waals surface area (Å²) in [6.07, 6.45) is 2.07. The van der Waals surface area contributed by atoms with Gasteiger partial charge >= 0.3 is 0 Å². The maximum atomic E-state index is 4.57. The van der Waals surface area contributed by atoms with Crippen molar-refractivity contribution >= 4 is 11.8 Å². The van der Waals surface area contributed by atoms with Crippen LogP contribution in [-0.2, 0) is 13.1 Å². The van der Waals surface area contributed by atoms with E-state index in [-0.39, 0.29) is 0 Å². The van der Waals surface area contributed by atoms with E-state index in [1.54, 1.807) is 11.8 Å². The van der Waals surface area contributed by atoms with Crippen LogP contribution in [0.4, 0.5) is 0 Å². The van der Waals surface area contributed by atoms with E-state index in [0.29, 0.717) is 5.92 Å². The van der Waals surface area contributed by atoms with Crippen LogP contribution in [0, 0.1) is 0 Å². The molecule has 0 atom stereocenters. The molecule has 2 heterocycles. The Hall–Kier alpha value is -0.610. The number of hydrogen-bond acceptors (Lipinski definition) is 4. The Labute approximate surface area is 88.7 Å². The summed E-state index contributed by atoms with van der Waals surface area (Å²) in [6.45, 7) is 6.08. The number of nitrogens with zero attached hydrogens (tertiary/aromatic N) is 2. The molecule has 0 radical (unpaired) electrons. The van der Waals surface area contributed by atoms with Gasteiger partial charge in [-0.05, 0) is 6.26 Å². The first-order valence-electron chi connectivity index (χ1n) is 4.86. The predicted molar refractivity (Wildman–Crippen MR) is 58.4 cm³/mol. The lowest BCUT2D eigenvalue weighted by atomic mass is 10.2. The number of nitrogens with one attached hydrogen (secondary N) is 1. The lowest BCUT2D eigenvalue weighted by molar-refractivity contribution is 0.734. The average Bonchev–Trinajstić information content (AvgIpc) is 2.63. The van der Waals surface area contributed by atoms with Crippen molar-refractivity contribution < 1.29 is 0 Å². The first kappa shape index (κ1) is 9.93. The third kappa shape index (κ3) is 1.64. The summed E-state index contributed by atoms with van der Waals surface area (Å²) >= 11 is 1.71. The molecule has 1 N–H and O–H groups in total. The molecule has 0 bridgehead atoms. The van der Waals surface area contributed by atoms with E-state index >= 15 is 0 Å². The number of thioether (sulfide) groups is 1. The van der Waals surface area contributed by atoms with Gasteiger partial charge in [0.2, 0.25) is 0 Å². The molecule has 0 aliphatic carbocycles. The highest BCUT2D eigenvalue weighted by atomic mass is 32.2. The predicted octanol–water partition coefficient (Wildman–Crippen LogP) is 1.93. The topological polar surface area (TPSA) is 37.8 Å². The van der Waals surface area contributed by atoms with E-state index in [2.05, 4.69) is 35.4 Å². The van der Waals surface area contributed by atoms with Crippen LogP contribution < -0.4 is 5.32 Å². The second kappa shape index (κ2) is 3.87. The zero-order valence-electron chi connectivity index (χ0n) is 8.79. The zero-order chi connectivity index (χ0) is 10.1. The van der Waals surface area contributed by atoms with Crippen LogP contribution in [0.15, 0.2) is 5.03 Å². The van der Waals surface area contributed by atoms with Gasteiger partial charge in [-0.15, -0.1) is 11.8 Å². The molecule has 2 rings (SSSR count). The number of hydrogen-bond donors (Lipinski definition) is 1. The number of fused-ring (bicyclic) bond motifs is 1. The quantitative estimate of drug-likeness (QED) is 0.596. The van der Waals surface area contributed by atoms with Crippen LogP contribution in [0.2, 0.25) is 0 Å². The SMILES string of the molecule is CSc1nc(C(C)C)nc2c1CNC2. The van der Waals surface area contributed by atoms with Crippen molar-refractivity contribution in [3.8, 4) is 0 Å². The third-order valence-electron chi connectivity index (χ3n) is 2.38. The van der Waals surface area contributed by atoms with Crippen LogP contribution in [0.5, 0.6) is 0 Å². The molecule has 1 aromatic heterocycles. The summed E-state index contributed by atoms with van der Waals surface area (Å²) in [4.78, 5) is 9.15. The molecule has 0 amide bonds. The zero-order valence-corrected chi connectivity index (χ0v) is 9.61. The summed E-state index contributed by atoms with van der Waals surface area (Å²) in [5.74, 6) is 1.38. The monoisotopic (exact) mass is 209 g/mol. The normalized spacial score (nSPS) is 14.9. The van der Waals surface area contributed by atoms with E-state index in [4.69, 9.17) is 0 Å². The van der Waals surface area contributed by atoms with Crippen LogP contribution in [0.3, 0.4) is 0 Å². The molecule has 0 saturated carbocycles. The van der Waals surface area contributed by atoms with Gasteiger partial charge in [0.1, 0.15) is 10.9 Å². The fraction of sp³-hybridized carbons (Fsp3) is 0.600. The second-order valence-corrected chi connectivity index (χ2v) is 4.57. The smallest absolute Gasteiger partial charge is 0.132 e. The summed E-state index contributed by atoms with van der Waals surface area (Å²) in [7, 11) is 0. The molecule has 1 aliphatic heterocycles. The highest BCUT2D eigenvalue weighted by molar-refractivity contribution is 7.98. The molecule has 14 heavy (non-hydrogen) atoms. The van der Waals surface area contributed by atoms with Gasteiger partial charge < -0.3 is 5.32 Å². The van der Waals surface area contributed by atoms with Gasteiger partial charge in [-0.1, -0.05) is 13.8 Å². The lowest BCUT2D eigenvalue weighted by Gasteiger charge is -2.09. The van der Waals surface area contributed by atoms with E-state index in [9.17, 15) is 0 Å². The molecule has 1 aromatic rings. The lowest BCUT2D eigenvalue weighted by Crippen LogP contribution is -2.03. The fourth-order valence-corrected chi connectivity index (χ4v) is 2.20. The molecular formula is C10H15N3S. The van der Waals surface area contributed by atoms with Crippen LogP contribution in [0.1, 0.15) is 36.8 Å². The van der Waals surface area contributed by atoms with Crippen molar-refractivity contribution in [1.82, 2.24) is 15.3 Å². The summed E-state index contributed by atoms with van der Waals surface area (Å²) in [6, 6.07) is 0. The fourth-order valence-electron chi connectivity index (χ4n) is 1.58. The van der Waals surface area contributed by atoms with E-state index in [1.807, 2.05) is 0 Å². The molecular weight excluding hydrogens is 194 g/mol. The maximum absolute atomic E-state index is 4.57. The van der Waals surface area contributed by atoms with Crippen molar-refractivity contribution in [2.24, 2.45) is 0 Å². The van der Waals surface area contributed by atoms with Crippen LogP contribution >= 0.6 is 11.8 Å². The molecule has 76 valence electrons. The molecule has 0 aromatic carbocycles. The highest BCUT2D eigenvalue weighted by Gasteiger charge is 2.19. The number of rotatable bonds is 2. The van der Waals surface area contributed by atoms with Crippen molar-refractivity contribution in [3.05, 3.63) is 17.1 Å². The largest absolute Gasteiger partial charge is 0.307 e. The molecule has 0 spiro atoms. The Bertz CT molecular complexity index is 349. The van der Waals surface area contributed by atoms with Crippen molar-refractivity contribution in [2.75, 3.05) is 6.26 Å². The summed E-state index contributed by atoms with van der Waals surface area (Å²) < 4.78 is 0. The van der Waals surface area contributed by atoms with Crippen molar-refractivity contribution in [3.63, 3.8) is 0 Å². The van der Waals surface area contributed by atoms with Gasteiger partial charge in [0.05, 0.1) is 5.69 Å². The molecule has 4 heteroatoms. The van der Waals surface area contributed by atoms with E-state index < -0.39 is 0 Å². The Morgan fingerprint density at radius 1 is 1.29 bits per heavy atom. The molecule has 0 saturated heterocycles. The summed E-state index contributed by atoms with van der Waals surface area (Å²) in [5.41, 5.74) is 2.48. The third-order valence-corrected chi connectivity index (χ3v) is 3.10. The molecule has 3 nitrogen and oxygen atoms in total. The van der Waals surface area contributed by atoms with Crippen LogP contribution in [0.25, 0.3) is 0 Å². The standard InChI is InChI=1S/C10H15N3S/c1-6(2)9-12-8-5-11-4-7(8)10(13-9)14-3/h6,11H,4-5H2,1-3H3. The second-order valence-electron chi connectivity index (χ2n) is 3.77. The Morgan fingerprint density at radius 2 is 2.07 bits per heavy atom. The van der Waals surface area contributed by atoms with Crippen LogP contribution in [-0.4, -0.2) is 16.2 Å². The van der Waals surface area contributed by atoms with E-state index in [1.165, 1.54) is 11.3 Å². The minimum absolute atomic E-state index is 0.409. The minimum atomic E-state index is 0.409. The van der Waals surface area contributed by atoms with Gasteiger partial charge in [0, 0.05) is 24.6 Å². The van der Waals surface area contributed by atoms with Gasteiger partial charge in [-0.3, -0.25) is 0 Å². The van der Waals surface area contributed by atoms with Gasteiger partial charge in [0.25, 0.3) is 0 Å². The Morgan fingerprint density at radius 3 is 2.71 bits per heavy atom. The molecule has 0 unspecified atom stereocenters. The van der Waals surface area contributed by atoms with Gasteiger partial charge in [-0.2, -0.15) is 0 Å². The summed E-state index contributed by atoms with van der Waals surface area (Å²) in [5, 5.41) is 4.46. The first-order valence-corrected chi connectivity index (χ1v) is 6.09. The van der Waals surface area contributed by atoms with E-state index in [0.717, 1.165) is 23.9 Å². The Kier molecular flexibility index (Phi) is 2.74. The minimum Gasteiger partial charge on any atom is -0.307 e. The molecule has 1 aliphatic rings. The van der Waals surface area contributed by atoms with Gasteiger partial charge in [0.15, 0.2) is 0 Å². The average molecular weight is 209 g/mol. The van der Waals surface area contributed by atoms with Crippen molar-refractivity contribution in [1.29, 1.82) is 0 Å². The molecule has 0 fully saturated rings. The Balaban J connectivity index is 2.49. The van der Waals surface area contributed by atoms with Crippen molar-refractivity contribution in [2.45, 2.75) is 37.9 Å². The number of aromatic nitrogens is 2. The maximum Gasteiger partial charge on any atom is 0.132 e. The highest BCUT2D eigenvalue weighted by Crippen LogP contribution is 2.25.